The number of anilines is 1. The summed E-state index contributed by atoms with van der Waals surface area (Å²) in [4.78, 5) is 9.65. The molecule has 0 bridgehead atoms. The number of imidazole rings is 1. The number of aromatic nitrogens is 2. The van der Waals surface area contributed by atoms with Crippen LogP contribution < -0.4 is 10.6 Å². The number of aromatic amines is 1. The summed E-state index contributed by atoms with van der Waals surface area (Å²) in [7, 11) is 4.01. The van der Waals surface area contributed by atoms with E-state index in [1.54, 1.807) is 0 Å². The Labute approximate surface area is 113 Å². The fourth-order valence-corrected chi connectivity index (χ4v) is 1.94. The Balaban J connectivity index is 2.33. The Hall–Kier alpha value is -1.85. The van der Waals surface area contributed by atoms with Gasteiger partial charge in [-0.25, -0.2) is 4.98 Å². The van der Waals surface area contributed by atoms with Gasteiger partial charge in [-0.15, -0.1) is 0 Å². The van der Waals surface area contributed by atoms with Crippen molar-refractivity contribution in [3.63, 3.8) is 0 Å². The van der Waals surface area contributed by atoms with Crippen molar-refractivity contribution in [1.82, 2.24) is 9.97 Å². The predicted octanol–water partition coefficient (Wildman–Crippen LogP) is 1.44. The second-order valence-electron chi connectivity index (χ2n) is 4.83. The van der Waals surface area contributed by atoms with Crippen LogP contribution >= 0.6 is 0 Å². The molecule has 0 aliphatic carbocycles. The summed E-state index contributed by atoms with van der Waals surface area (Å²) >= 11 is 0. The van der Waals surface area contributed by atoms with Crippen molar-refractivity contribution in [2.75, 3.05) is 25.6 Å². The Morgan fingerprint density at radius 1 is 1.32 bits per heavy atom. The van der Waals surface area contributed by atoms with Crippen LogP contribution in [-0.4, -0.2) is 35.8 Å². The van der Waals surface area contributed by atoms with Crippen LogP contribution in [0.5, 0.6) is 0 Å². The maximum atomic E-state index is 9.07. The highest BCUT2D eigenvalue weighted by Crippen LogP contribution is 2.24. The Kier molecular flexibility index (Phi) is 3.87. The van der Waals surface area contributed by atoms with Gasteiger partial charge in [0, 0.05) is 31.0 Å². The lowest BCUT2D eigenvalue weighted by Crippen LogP contribution is -2.16. The molecule has 5 nitrogen and oxygen atoms in total. The van der Waals surface area contributed by atoms with E-state index in [1.807, 2.05) is 38.1 Å². The third-order valence-corrected chi connectivity index (χ3v) is 3.11. The van der Waals surface area contributed by atoms with Gasteiger partial charge in [0.1, 0.15) is 5.82 Å². The predicted molar refractivity (Wildman–Crippen MR) is 77.1 cm³/mol. The highest BCUT2D eigenvalue weighted by molar-refractivity contribution is 5.65. The van der Waals surface area contributed by atoms with Gasteiger partial charge in [0.2, 0.25) is 0 Å². The van der Waals surface area contributed by atoms with Crippen molar-refractivity contribution >= 4 is 5.69 Å². The largest absolute Gasteiger partial charge is 0.394 e. The minimum absolute atomic E-state index is 0.119. The van der Waals surface area contributed by atoms with Gasteiger partial charge in [0.05, 0.1) is 18.3 Å². The number of aliphatic hydroxyl groups excluding tert-OH is 1. The first-order chi connectivity index (χ1) is 9.02. The number of hydrogen-bond donors (Lipinski definition) is 3. The molecule has 2 rings (SSSR count). The van der Waals surface area contributed by atoms with E-state index in [1.165, 1.54) is 0 Å². The average Bonchev–Trinajstić information content (AvgIpc) is 2.80. The maximum Gasteiger partial charge on any atom is 0.126 e. The van der Waals surface area contributed by atoms with Gasteiger partial charge in [-0.05, 0) is 19.1 Å². The third kappa shape index (κ3) is 2.77. The lowest BCUT2D eigenvalue weighted by Gasteiger charge is -2.12. The summed E-state index contributed by atoms with van der Waals surface area (Å²) in [6.07, 6.45) is 0. The fourth-order valence-electron chi connectivity index (χ4n) is 1.94. The van der Waals surface area contributed by atoms with Gasteiger partial charge in [-0.2, -0.15) is 0 Å². The van der Waals surface area contributed by atoms with Crippen LogP contribution in [-0.2, 0) is 0 Å². The minimum Gasteiger partial charge on any atom is -0.394 e. The monoisotopic (exact) mass is 260 g/mol. The standard InChI is InChI=1S/C14H20N4O/c1-9-13(17-14(16-9)12(15)8-19)10-4-6-11(7-5-10)18(2)3/h4-7,12,19H,8,15H2,1-3H3,(H,16,17). The maximum absolute atomic E-state index is 9.07. The fraction of sp³-hybridized carbons (Fsp3) is 0.357. The molecule has 1 heterocycles. The molecule has 1 aromatic carbocycles. The van der Waals surface area contributed by atoms with Gasteiger partial charge < -0.3 is 20.7 Å². The molecule has 0 saturated carbocycles. The number of nitrogens with one attached hydrogen (secondary N) is 1. The van der Waals surface area contributed by atoms with Gasteiger partial charge in [0.15, 0.2) is 0 Å². The van der Waals surface area contributed by atoms with E-state index in [-0.39, 0.29) is 6.61 Å². The van der Waals surface area contributed by atoms with Gasteiger partial charge in [-0.3, -0.25) is 0 Å². The van der Waals surface area contributed by atoms with E-state index >= 15 is 0 Å². The molecule has 19 heavy (non-hydrogen) atoms. The average molecular weight is 260 g/mol. The summed E-state index contributed by atoms with van der Waals surface area (Å²) in [6.45, 7) is 1.84. The SMILES string of the molecule is Cc1[nH]c(C(N)CO)nc1-c1ccc(N(C)C)cc1. The van der Waals surface area contributed by atoms with E-state index in [9.17, 15) is 0 Å². The van der Waals surface area contributed by atoms with Gasteiger partial charge in [-0.1, -0.05) is 12.1 Å². The van der Waals surface area contributed by atoms with Gasteiger partial charge >= 0.3 is 0 Å². The van der Waals surface area contributed by atoms with Crippen molar-refractivity contribution in [3.8, 4) is 11.3 Å². The summed E-state index contributed by atoms with van der Waals surface area (Å²) in [5, 5.41) is 9.07. The molecular formula is C14H20N4O. The molecule has 0 aliphatic heterocycles. The number of nitrogens with two attached hydrogens (primary N) is 1. The second kappa shape index (κ2) is 5.42. The van der Waals surface area contributed by atoms with Crippen LogP contribution in [0.25, 0.3) is 11.3 Å². The molecular weight excluding hydrogens is 240 g/mol. The number of aryl methyl sites for hydroxylation is 1. The number of aliphatic hydroxyl groups is 1. The first-order valence-corrected chi connectivity index (χ1v) is 6.23. The van der Waals surface area contributed by atoms with Gasteiger partial charge in [0.25, 0.3) is 0 Å². The molecule has 1 aromatic heterocycles. The Morgan fingerprint density at radius 2 is 1.95 bits per heavy atom. The number of rotatable bonds is 4. The molecule has 4 N–H and O–H groups in total. The number of benzene rings is 1. The Morgan fingerprint density at radius 3 is 2.47 bits per heavy atom. The first-order valence-electron chi connectivity index (χ1n) is 6.23. The van der Waals surface area contributed by atoms with Crippen LogP contribution in [0.15, 0.2) is 24.3 Å². The lowest BCUT2D eigenvalue weighted by atomic mass is 10.1. The highest BCUT2D eigenvalue weighted by Gasteiger charge is 2.13. The number of H-pyrrole nitrogens is 1. The molecule has 0 saturated heterocycles. The minimum atomic E-state index is -0.464. The van der Waals surface area contributed by atoms with E-state index in [2.05, 4.69) is 22.1 Å². The van der Waals surface area contributed by atoms with Crippen molar-refractivity contribution < 1.29 is 5.11 Å². The molecule has 0 aliphatic rings. The van der Waals surface area contributed by atoms with Crippen LogP contribution in [0.3, 0.4) is 0 Å². The molecule has 1 atom stereocenters. The third-order valence-electron chi connectivity index (χ3n) is 3.11. The number of nitrogens with zero attached hydrogens (tertiary/aromatic N) is 2. The number of hydrogen-bond acceptors (Lipinski definition) is 4. The molecule has 5 heteroatoms. The normalized spacial score (nSPS) is 12.5. The zero-order valence-corrected chi connectivity index (χ0v) is 11.5. The zero-order valence-electron chi connectivity index (χ0n) is 11.5. The lowest BCUT2D eigenvalue weighted by molar-refractivity contribution is 0.264. The summed E-state index contributed by atoms with van der Waals surface area (Å²) in [5.41, 5.74) is 9.78. The van der Waals surface area contributed by atoms with Crippen molar-refractivity contribution in [2.45, 2.75) is 13.0 Å². The molecule has 0 radical (unpaired) electrons. The van der Waals surface area contributed by atoms with E-state index in [0.29, 0.717) is 5.82 Å². The molecule has 2 aromatic rings. The van der Waals surface area contributed by atoms with E-state index in [4.69, 9.17) is 10.8 Å². The van der Waals surface area contributed by atoms with Crippen LogP contribution in [0.1, 0.15) is 17.6 Å². The molecule has 1 unspecified atom stereocenters. The quantitative estimate of drug-likeness (QED) is 0.777. The summed E-state index contributed by atoms with van der Waals surface area (Å²) < 4.78 is 0. The smallest absolute Gasteiger partial charge is 0.126 e. The summed E-state index contributed by atoms with van der Waals surface area (Å²) in [5.74, 6) is 0.617. The molecule has 0 spiro atoms. The summed E-state index contributed by atoms with van der Waals surface area (Å²) in [6, 6.07) is 7.71. The Bertz CT molecular complexity index is 545. The van der Waals surface area contributed by atoms with Crippen molar-refractivity contribution in [3.05, 3.63) is 35.8 Å². The molecule has 0 fully saturated rings. The van der Waals surface area contributed by atoms with E-state index in [0.717, 1.165) is 22.6 Å². The van der Waals surface area contributed by atoms with E-state index < -0.39 is 6.04 Å². The van der Waals surface area contributed by atoms with Crippen LogP contribution in [0, 0.1) is 6.92 Å². The van der Waals surface area contributed by atoms with Crippen LogP contribution in [0.4, 0.5) is 5.69 Å². The second-order valence-corrected chi connectivity index (χ2v) is 4.83. The highest BCUT2D eigenvalue weighted by atomic mass is 16.3. The van der Waals surface area contributed by atoms with Crippen LogP contribution in [0.2, 0.25) is 0 Å². The molecule has 0 amide bonds. The van der Waals surface area contributed by atoms with Crippen molar-refractivity contribution in [2.24, 2.45) is 5.73 Å². The molecule has 102 valence electrons. The topological polar surface area (TPSA) is 78.2 Å². The van der Waals surface area contributed by atoms with Crippen molar-refractivity contribution in [1.29, 1.82) is 0 Å². The zero-order chi connectivity index (χ0) is 14.0. The first kappa shape index (κ1) is 13.6.